The highest BCUT2D eigenvalue weighted by Gasteiger charge is 2.38. The van der Waals surface area contributed by atoms with Crippen molar-refractivity contribution >= 4 is 11.8 Å². The number of furan rings is 1. The molecule has 4 rings (SSSR count). The number of benzene rings is 1. The van der Waals surface area contributed by atoms with E-state index < -0.39 is 0 Å². The highest BCUT2D eigenvalue weighted by atomic mass is 16.3. The number of hydrogen-bond donors (Lipinski definition) is 2. The van der Waals surface area contributed by atoms with Crippen molar-refractivity contribution in [2.75, 3.05) is 0 Å². The fourth-order valence-corrected chi connectivity index (χ4v) is 4.26. The van der Waals surface area contributed by atoms with Gasteiger partial charge in [0.2, 0.25) is 11.8 Å². The predicted molar refractivity (Wildman–Crippen MR) is 97.4 cm³/mol. The van der Waals surface area contributed by atoms with Crippen molar-refractivity contribution < 1.29 is 14.0 Å². The molecule has 2 N–H and O–H groups in total. The van der Waals surface area contributed by atoms with Gasteiger partial charge < -0.3 is 15.1 Å². The molecule has 1 aromatic carbocycles. The van der Waals surface area contributed by atoms with Crippen molar-refractivity contribution in [3.05, 3.63) is 59.5 Å². The minimum absolute atomic E-state index is 0.0478. The summed E-state index contributed by atoms with van der Waals surface area (Å²) >= 11 is 0. The maximum Gasteiger partial charge on any atom is 0.220 e. The summed E-state index contributed by atoms with van der Waals surface area (Å²) in [5.74, 6) is 0.950. The Bertz CT molecular complexity index is 799. The summed E-state index contributed by atoms with van der Waals surface area (Å²) in [5, 5.41) is 6.26. The summed E-state index contributed by atoms with van der Waals surface area (Å²) in [7, 11) is 0. The molecule has 1 aliphatic carbocycles. The van der Waals surface area contributed by atoms with Crippen LogP contribution in [0.2, 0.25) is 0 Å². The van der Waals surface area contributed by atoms with Crippen LogP contribution in [0.1, 0.15) is 55.0 Å². The Hall–Kier alpha value is -2.56. The van der Waals surface area contributed by atoms with E-state index in [1.54, 1.807) is 6.26 Å². The van der Waals surface area contributed by atoms with Crippen molar-refractivity contribution in [1.82, 2.24) is 10.6 Å². The SMILES string of the molecule is O=C(CC[C@]1(Cc2ccco2)CCC(=O)N1)N[C@@H]1CCc2ccccc21. The van der Waals surface area contributed by atoms with E-state index in [4.69, 9.17) is 4.42 Å². The van der Waals surface area contributed by atoms with Crippen LogP contribution >= 0.6 is 0 Å². The lowest BCUT2D eigenvalue weighted by Gasteiger charge is -2.28. The lowest BCUT2D eigenvalue weighted by Crippen LogP contribution is -2.44. The fourth-order valence-electron chi connectivity index (χ4n) is 4.26. The number of nitrogens with one attached hydrogen (secondary N) is 2. The summed E-state index contributed by atoms with van der Waals surface area (Å²) in [4.78, 5) is 24.4. The molecule has 0 saturated carbocycles. The lowest BCUT2D eigenvalue weighted by molar-refractivity contribution is -0.123. The second-order valence-electron chi connectivity index (χ2n) is 7.44. The van der Waals surface area contributed by atoms with Gasteiger partial charge in [0.15, 0.2) is 0 Å². The van der Waals surface area contributed by atoms with Gasteiger partial charge in [-0.3, -0.25) is 9.59 Å². The zero-order chi connectivity index (χ0) is 18.0. The predicted octanol–water partition coefficient (Wildman–Crippen LogP) is 3.05. The Balaban J connectivity index is 1.37. The number of carbonyl (C=O) groups is 2. The molecule has 0 spiro atoms. The zero-order valence-corrected chi connectivity index (χ0v) is 14.8. The largest absolute Gasteiger partial charge is 0.469 e. The molecular formula is C21H24N2O3. The Morgan fingerprint density at radius 1 is 1.23 bits per heavy atom. The summed E-state index contributed by atoms with van der Waals surface area (Å²) in [6, 6.07) is 12.2. The third-order valence-corrected chi connectivity index (χ3v) is 5.63. The van der Waals surface area contributed by atoms with E-state index in [-0.39, 0.29) is 23.4 Å². The van der Waals surface area contributed by atoms with Crippen LogP contribution in [0.15, 0.2) is 47.1 Å². The van der Waals surface area contributed by atoms with Gasteiger partial charge in [-0.25, -0.2) is 0 Å². The molecule has 2 aromatic rings. The van der Waals surface area contributed by atoms with Crippen molar-refractivity contribution in [2.24, 2.45) is 0 Å². The number of aryl methyl sites for hydroxylation is 1. The number of carbonyl (C=O) groups excluding carboxylic acids is 2. The van der Waals surface area contributed by atoms with Crippen LogP contribution in [0, 0.1) is 0 Å². The maximum absolute atomic E-state index is 12.5. The van der Waals surface area contributed by atoms with Crippen molar-refractivity contribution in [1.29, 1.82) is 0 Å². The molecular weight excluding hydrogens is 328 g/mol. The van der Waals surface area contributed by atoms with E-state index in [1.165, 1.54) is 11.1 Å². The molecule has 1 aromatic heterocycles. The van der Waals surface area contributed by atoms with Crippen LogP contribution in [0.5, 0.6) is 0 Å². The monoisotopic (exact) mass is 352 g/mol. The average Bonchev–Trinajstić information content (AvgIpc) is 3.36. The average molecular weight is 352 g/mol. The molecule has 1 saturated heterocycles. The Morgan fingerprint density at radius 2 is 2.12 bits per heavy atom. The first-order chi connectivity index (χ1) is 12.6. The van der Waals surface area contributed by atoms with E-state index in [0.29, 0.717) is 25.7 Å². The van der Waals surface area contributed by atoms with Crippen molar-refractivity contribution in [3.8, 4) is 0 Å². The van der Waals surface area contributed by atoms with Crippen molar-refractivity contribution in [3.63, 3.8) is 0 Å². The molecule has 2 atom stereocenters. The quantitative estimate of drug-likeness (QED) is 0.839. The van der Waals surface area contributed by atoms with Gasteiger partial charge in [0.05, 0.1) is 12.3 Å². The highest BCUT2D eigenvalue weighted by molar-refractivity contribution is 5.80. The van der Waals surface area contributed by atoms with Crippen LogP contribution in [0.25, 0.3) is 0 Å². The molecule has 1 fully saturated rings. The molecule has 2 amide bonds. The van der Waals surface area contributed by atoms with Crippen LogP contribution in [-0.4, -0.2) is 17.4 Å². The first-order valence-corrected chi connectivity index (χ1v) is 9.34. The van der Waals surface area contributed by atoms with Gasteiger partial charge in [0, 0.05) is 24.8 Å². The molecule has 1 aliphatic heterocycles. The van der Waals surface area contributed by atoms with E-state index in [2.05, 4.69) is 22.8 Å². The summed E-state index contributed by atoms with van der Waals surface area (Å²) in [6.45, 7) is 0. The first-order valence-electron chi connectivity index (χ1n) is 9.34. The van der Waals surface area contributed by atoms with E-state index in [9.17, 15) is 9.59 Å². The van der Waals surface area contributed by atoms with Gasteiger partial charge in [-0.1, -0.05) is 24.3 Å². The van der Waals surface area contributed by atoms with Gasteiger partial charge in [0.1, 0.15) is 5.76 Å². The van der Waals surface area contributed by atoms with E-state index >= 15 is 0 Å². The standard InChI is InChI=1S/C21H24N2O3/c24-19(22-18-8-7-15-4-1-2-6-17(15)18)9-11-21(12-10-20(25)23-21)14-16-5-3-13-26-16/h1-6,13,18H,7-12,14H2,(H,22,24)(H,23,25)/t18-,21-/m1/s1. The topological polar surface area (TPSA) is 71.3 Å². The first kappa shape index (κ1) is 16.9. The van der Waals surface area contributed by atoms with Gasteiger partial charge in [-0.05, 0) is 48.9 Å². The third kappa shape index (κ3) is 3.52. The third-order valence-electron chi connectivity index (χ3n) is 5.63. The van der Waals surface area contributed by atoms with Crippen LogP contribution in [0.4, 0.5) is 0 Å². The second-order valence-corrected chi connectivity index (χ2v) is 7.44. The zero-order valence-electron chi connectivity index (χ0n) is 14.8. The van der Waals surface area contributed by atoms with Crippen molar-refractivity contribution in [2.45, 2.75) is 56.5 Å². The maximum atomic E-state index is 12.5. The number of fused-ring (bicyclic) bond motifs is 1. The van der Waals surface area contributed by atoms with Gasteiger partial charge in [-0.2, -0.15) is 0 Å². The molecule has 0 bridgehead atoms. The summed E-state index contributed by atoms with van der Waals surface area (Å²) in [5.41, 5.74) is 2.19. The van der Waals surface area contributed by atoms with Crippen LogP contribution < -0.4 is 10.6 Å². The second kappa shape index (κ2) is 6.98. The summed E-state index contributed by atoms with van der Waals surface area (Å²) < 4.78 is 5.46. The molecule has 26 heavy (non-hydrogen) atoms. The Labute approximate surface area is 153 Å². The van der Waals surface area contributed by atoms with Gasteiger partial charge in [0.25, 0.3) is 0 Å². The molecule has 2 aliphatic rings. The molecule has 5 heteroatoms. The van der Waals surface area contributed by atoms with Crippen LogP contribution in [0.3, 0.4) is 0 Å². The smallest absolute Gasteiger partial charge is 0.220 e. The molecule has 0 unspecified atom stereocenters. The van der Waals surface area contributed by atoms with Gasteiger partial charge in [-0.15, -0.1) is 0 Å². The fraction of sp³-hybridized carbons (Fsp3) is 0.429. The molecule has 2 heterocycles. The molecule has 136 valence electrons. The molecule has 0 radical (unpaired) electrons. The van der Waals surface area contributed by atoms with E-state index in [0.717, 1.165) is 25.0 Å². The molecule has 5 nitrogen and oxygen atoms in total. The minimum Gasteiger partial charge on any atom is -0.469 e. The Kier molecular flexibility index (Phi) is 4.53. The van der Waals surface area contributed by atoms with Gasteiger partial charge >= 0.3 is 0 Å². The Morgan fingerprint density at radius 3 is 2.88 bits per heavy atom. The number of hydrogen-bond acceptors (Lipinski definition) is 3. The normalized spacial score (nSPS) is 24.3. The van der Waals surface area contributed by atoms with Crippen LogP contribution in [-0.2, 0) is 22.4 Å². The number of amides is 2. The van der Waals surface area contributed by atoms with E-state index in [1.807, 2.05) is 24.3 Å². The summed E-state index contributed by atoms with van der Waals surface area (Å²) in [6.07, 6.45) is 6.53. The minimum atomic E-state index is -0.375. The lowest BCUT2D eigenvalue weighted by atomic mass is 9.87. The number of rotatable bonds is 6. The highest BCUT2D eigenvalue weighted by Crippen LogP contribution is 2.32.